The summed E-state index contributed by atoms with van der Waals surface area (Å²) in [6.07, 6.45) is 1.28. The standard InChI is InChI=1S/C19H17N3O7/c1-27-16-9-18(29-3)17(28-2)7-11(16)6-12(10-20)19(24)21-14-5-4-13(22(25)26)8-15(14)23/h4-9,23H,1-3H3,(H,21,24)/b12-6-. The van der Waals surface area contributed by atoms with Gasteiger partial charge in [-0.2, -0.15) is 5.26 Å². The molecular formula is C19H17N3O7. The number of hydrogen-bond donors (Lipinski definition) is 2. The summed E-state index contributed by atoms with van der Waals surface area (Å²) in [5.41, 5.74) is -0.342. The summed E-state index contributed by atoms with van der Waals surface area (Å²) in [6.45, 7) is 0. The Hall–Kier alpha value is -4.26. The summed E-state index contributed by atoms with van der Waals surface area (Å²) in [7, 11) is 4.31. The minimum Gasteiger partial charge on any atom is -0.506 e. The molecule has 1 amide bonds. The summed E-state index contributed by atoms with van der Waals surface area (Å²) >= 11 is 0. The lowest BCUT2D eigenvalue weighted by molar-refractivity contribution is -0.384. The molecule has 2 aromatic rings. The van der Waals surface area contributed by atoms with Gasteiger partial charge in [0.25, 0.3) is 11.6 Å². The Balaban J connectivity index is 2.38. The molecule has 0 bridgehead atoms. The summed E-state index contributed by atoms with van der Waals surface area (Å²) in [6, 6.07) is 8.01. The number of anilines is 1. The highest BCUT2D eigenvalue weighted by Gasteiger charge is 2.17. The molecule has 2 rings (SSSR count). The number of phenolic OH excluding ortho intramolecular Hbond substituents is 1. The fourth-order valence-corrected chi connectivity index (χ4v) is 2.40. The van der Waals surface area contributed by atoms with Crippen molar-refractivity contribution in [2.75, 3.05) is 26.6 Å². The van der Waals surface area contributed by atoms with Gasteiger partial charge in [0.05, 0.1) is 38.0 Å². The number of non-ortho nitro benzene ring substituents is 1. The molecule has 150 valence electrons. The number of benzene rings is 2. The van der Waals surface area contributed by atoms with Gasteiger partial charge >= 0.3 is 0 Å². The zero-order valence-corrected chi connectivity index (χ0v) is 15.8. The molecule has 10 heteroatoms. The van der Waals surface area contributed by atoms with E-state index in [1.54, 1.807) is 12.1 Å². The van der Waals surface area contributed by atoms with Crippen molar-refractivity contribution in [2.45, 2.75) is 0 Å². The number of amides is 1. The third-order valence-electron chi connectivity index (χ3n) is 3.84. The van der Waals surface area contributed by atoms with Crippen molar-refractivity contribution in [3.8, 4) is 29.1 Å². The molecule has 0 atom stereocenters. The lowest BCUT2D eigenvalue weighted by atomic mass is 10.1. The number of methoxy groups -OCH3 is 3. The number of nitro benzene ring substituents is 1. The monoisotopic (exact) mass is 399 g/mol. The van der Waals surface area contributed by atoms with E-state index < -0.39 is 16.6 Å². The predicted molar refractivity (Wildman–Crippen MR) is 103 cm³/mol. The third-order valence-corrected chi connectivity index (χ3v) is 3.84. The van der Waals surface area contributed by atoms with Gasteiger partial charge in [0.15, 0.2) is 11.5 Å². The Labute approximate surface area is 165 Å². The lowest BCUT2D eigenvalue weighted by Gasteiger charge is -2.12. The molecule has 0 aliphatic carbocycles. The first-order chi connectivity index (χ1) is 13.8. The lowest BCUT2D eigenvalue weighted by Crippen LogP contribution is -2.13. The van der Waals surface area contributed by atoms with Gasteiger partial charge in [-0.15, -0.1) is 0 Å². The molecule has 0 radical (unpaired) electrons. The van der Waals surface area contributed by atoms with Gasteiger partial charge in [-0.3, -0.25) is 14.9 Å². The summed E-state index contributed by atoms with van der Waals surface area (Å²) in [4.78, 5) is 22.5. The molecule has 10 nitrogen and oxygen atoms in total. The van der Waals surface area contributed by atoms with Gasteiger partial charge in [0.1, 0.15) is 23.1 Å². The second kappa shape index (κ2) is 9.09. The van der Waals surface area contributed by atoms with Crippen LogP contribution >= 0.6 is 0 Å². The summed E-state index contributed by atoms with van der Waals surface area (Å²) < 4.78 is 15.7. The van der Waals surface area contributed by atoms with E-state index in [0.29, 0.717) is 22.8 Å². The number of nitriles is 1. The summed E-state index contributed by atoms with van der Waals surface area (Å²) in [5.74, 6) is -0.228. The molecule has 0 aromatic heterocycles. The Morgan fingerprint density at radius 3 is 2.28 bits per heavy atom. The number of nitrogens with one attached hydrogen (secondary N) is 1. The van der Waals surface area contributed by atoms with Crippen molar-refractivity contribution < 1.29 is 29.0 Å². The smallest absolute Gasteiger partial charge is 0.273 e. The average molecular weight is 399 g/mol. The SMILES string of the molecule is COc1cc(OC)c(OC)cc1/C=C(/C#N)C(=O)Nc1ccc([N+](=O)[O-])cc1O. The van der Waals surface area contributed by atoms with Gasteiger partial charge < -0.3 is 24.6 Å². The Kier molecular flexibility index (Phi) is 6.60. The van der Waals surface area contributed by atoms with Crippen LogP contribution in [0.25, 0.3) is 6.08 Å². The quantitative estimate of drug-likeness (QED) is 0.238. The molecule has 0 aliphatic heterocycles. The van der Waals surface area contributed by atoms with Crippen molar-refractivity contribution in [1.29, 1.82) is 5.26 Å². The zero-order valence-electron chi connectivity index (χ0n) is 15.8. The highest BCUT2D eigenvalue weighted by atomic mass is 16.6. The maximum Gasteiger partial charge on any atom is 0.273 e. The van der Waals surface area contributed by atoms with Crippen LogP contribution in [0.2, 0.25) is 0 Å². The van der Waals surface area contributed by atoms with Gasteiger partial charge in [0.2, 0.25) is 0 Å². The van der Waals surface area contributed by atoms with Crippen molar-refractivity contribution in [3.05, 3.63) is 51.6 Å². The number of aromatic hydroxyl groups is 1. The van der Waals surface area contributed by atoms with Crippen molar-refractivity contribution >= 4 is 23.4 Å². The first-order valence-electron chi connectivity index (χ1n) is 8.05. The molecule has 2 N–H and O–H groups in total. The highest BCUT2D eigenvalue weighted by Crippen LogP contribution is 2.36. The molecule has 0 fully saturated rings. The van der Waals surface area contributed by atoms with Crippen LogP contribution in [0.3, 0.4) is 0 Å². The van der Waals surface area contributed by atoms with E-state index in [4.69, 9.17) is 14.2 Å². The molecule has 0 aliphatic rings. The maximum atomic E-state index is 12.5. The summed E-state index contributed by atoms with van der Waals surface area (Å²) in [5, 5.41) is 32.3. The second-order valence-corrected chi connectivity index (χ2v) is 5.53. The third kappa shape index (κ3) is 4.72. The number of nitro groups is 1. The fraction of sp³-hybridized carbons (Fsp3) is 0.158. The maximum absolute atomic E-state index is 12.5. The van der Waals surface area contributed by atoms with Crippen molar-refractivity contribution in [1.82, 2.24) is 0 Å². The number of phenols is 1. The predicted octanol–water partition coefficient (Wildman–Crippen LogP) is 2.87. The van der Waals surface area contributed by atoms with Crippen LogP contribution in [-0.4, -0.2) is 37.3 Å². The van der Waals surface area contributed by atoms with Crippen LogP contribution in [0.4, 0.5) is 11.4 Å². The number of ether oxygens (including phenoxy) is 3. The Bertz CT molecular complexity index is 1030. The van der Waals surface area contributed by atoms with Crippen LogP contribution in [0.15, 0.2) is 35.9 Å². The number of rotatable bonds is 7. The van der Waals surface area contributed by atoms with E-state index in [-0.39, 0.29) is 16.9 Å². The van der Waals surface area contributed by atoms with Gasteiger partial charge in [0, 0.05) is 17.7 Å². The first kappa shape index (κ1) is 21.0. The number of hydrogen-bond acceptors (Lipinski definition) is 8. The van der Waals surface area contributed by atoms with Crippen molar-refractivity contribution in [3.63, 3.8) is 0 Å². The average Bonchev–Trinajstić information content (AvgIpc) is 2.72. The second-order valence-electron chi connectivity index (χ2n) is 5.53. The van der Waals surface area contributed by atoms with E-state index >= 15 is 0 Å². The molecule has 2 aromatic carbocycles. The van der Waals surface area contributed by atoms with E-state index in [2.05, 4.69) is 5.32 Å². The fourth-order valence-electron chi connectivity index (χ4n) is 2.40. The molecule has 29 heavy (non-hydrogen) atoms. The molecule has 0 unspecified atom stereocenters. The van der Waals surface area contributed by atoms with Gasteiger partial charge in [-0.05, 0) is 18.2 Å². The molecule has 0 heterocycles. The van der Waals surface area contributed by atoms with Crippen LogP contribution in [0, 0.1) is 21.4 Å². The Morgan fingerprint density at radius 2 is 1.76 bits per heavy atom. The van der Waals surface area contributed by atoms with Crippen LogP contribution < -0.4 is 19.5 Å². The molecular weight excluding hydrogens is 382 g/mol. The number of nitrogens with zero attached hydrogens (tertiary/aromatic N) is 2. The molecule has 0 spiro atoms. The minimum absolute atomic E-state index is 0.0824. The molecule has 0 saturated carbocycles. The van der Waals surface area contributed by atoms with E-state index in [0.717, 1.165) is 18.2 Å². The van der Waals surface area contributed by atoms with E-state index in [1.165, 1.54) is 33.5 Å². The van der Waals surface area contributed by atoms with Crippen LogP contribution in [0.1, 0.15) is 5.56 Å². The van der Waals surface area contributed by atoms with Gasteiger partial charge in [-0.25, -0.2) is 0 Å². The normalized spacial score (nSPS) is 10.6. The first-order valence-corrected chi connectivity index (χ1v) is 8.05. The van der Waals surface area contributed by atoms with Crippen LogP contribution in [-0.2, 0) is 4.79 Å². The minimum atomic E-state index is -0.825. The van der Waals surface area contributed by atoms with E-state index in [9.17, 15) is 25.3 Å². The van der Waals surface area contributed by atoms with E-state index in [1.807, 2.05) is 0 Å². The van der Waals surface area contributed by atoms with Crippen molar-refractivity contribution in [2.24, 2.45) is 0 Å². The van der Waals surface area contributed by atoms with Gasteiger partial charge in [-0.1, -0.05) is 0 Å². The topological polar surface area (TPSA) is 144 Å². The van der Waals surface area contributed by atoms with Crippen LogP contribution in [0.5, 0.6) is 23.0 Å². The largest absolute Gasteiger partial charge is 0.506 e. The Morgan fingerprint density at radius 1 is 1.14 bits per heavy atom. The highest BCUT2D eigenvalue weighted by molar-refractivity contribution is 6.10. The zero-order chi connectivity index (χ0) is 21.6. The number of carbonyl (C=O) groups excluding carboxylic acids is 1. The molecule has 0 saturated heterocycles. The number of carbonyl (C=O) groups is 1.